The molecule has 0 radical (unpaired) electrons. The van der Waals surface area contributed by atoms with Crippen LogP contribution in [0.1, 0.15) is 29.9 Å². The van der Waals surface area contributed by atoms with Crippen LogP contribution in [0.15, 0.2) is 48.5 Å². The minimum Gasteiger partial charge on any atom is -0.481 e. The van der Waals surface area contributed by atoms with Gasteiger partial charge in [0.2, 0.25) is 0 Å². The second-order valence-electron chi connectivity index (χ2n) is 9.18. The largest absolute Gasteiger partial charge is 0.481 e. The molecule has 2 N–H and O–H groups in total. The lowest BCUT2D eigenvalue weighted by Crippen LogP contribution is -2.62. The fraction of sp³-hybridized carbons (Fsp3) is 0.423. The Labute approximate surface area is 203 Å². The highest BCUT2D eigenvalue weighted by molar-refractivity contribution is 5.90. The van der Waals surface area contributed by atoms with Gasteiger partial charge in [0.15, 0.2) is 0 Å². The summed E-state index contributed by atoms with van der Waals surface area (Å²) in [7, 11) is 0. The first-order valence-corrected chi connectivity index (χ1v) is 11.8. The van der Waals surface area contributed by atoms with Crippen LogP contribution in [0.5, 0.6) is 0 Å². The number of carbonyl (C=O) groups is 3. The first-order chi connectivity index (χ1) is 17.0. The number of benzene rings is 2. The van der Waals surface area contributed by atoms with Gasteiger partial charge in [0.25, 0.3) is 5.91 Å². The Hall–Kier alpha value is -3.43. The fourth-order valence-electron chi connectivity index (χ4n) is 5.24. The SMILES string of the molecule is O=C(O)CC1CN(C(=O)C2(NC(=O)OCC3c4ccccc4-c4ccccc43)CCOC2)CCO1. The minimum absolute atomic E-state index is 0.0387. The highest BCUT2D eigenvalue weighted by Gasteiger charge is 2.47. The van der Waals surface area contributed by atoms with Crippen molar-refractivity contribution in [2.24, 2.45) is 0 Å². The molecule has 0 saturated carbocycles. The molecule has 0 aromatic heterocycles. The van der Waals surface area contributed by atoms with E-state index in [9.17, 15) is 14.4 Å². The van der Waals surface area contributed by atoms with Gasteiger partial charge in [-0.3, -0.25) is 9.59 Å². The van der Waals surface area contributed by atoms with Gasteiger partial charge in [-0.1, -0.05) is 48.5 Å². The van der Waals surface area contributed by atoms with Crippen LogP contribution >= 0.6 is 0 Å². The molecule has 5 rings (SSSR count). The van der Waals surface area contributed by atoms with Gasteiger partial charge < -0.3 is 29.5 Å². The highest BCUT2D eigenvalue weighted by Crippen LogP contribution is 2.44. The van der Waals surface area contributed by atoms with Gasteiger partial charge in [0.05, 0.1) is 25.7 Å². The number of fused-ring (bicyclic) bond motifs is 3. The van der Waals surface area contributed by atoms with Crippen LogP contribution in [-0.2, 0) is 23.8 Å². The van der Waals surface area contributed by atoms with E-state index in [1.54, 1.807) is 4.90 Å². The van der Waals surface area contributed by atoms with Crippen molar-refractivity contribution in [2.75, 3.05) is 39.5 Å². The van der Waals surface area contributed by atoms with Gasteiger partial charge in [0, 0.05) is 32.0 Å². The van der Waals surface area contributed by atoms with E-state index in [0.717, 1.165) is 22.3 Å². The average Bonchev–Trinajstić information content (AvgIpc) is 3.45. The molecule has 35 heavy (non-hydrogen) atoms. The summed E-state index contributed by atoms with van der Waals surface area (Å²) >= 11 is 0. The molecular formula is C26H28N2O7. The van der Waals surface area contributed by atoms with E-state index in [1.807, 2.05) is 36.4 Å². The summed E-state index contributed by atoms with van der Waals surface area (Å²) in [5.41, 5.74) is 3.24. The Bertz CT molecular complexity index is 1080. The third-order valence-electron chi connectivity index (χ3n) is 6.94. The Morgan fingerprint density at radius 1 is 1.06 bits per heavy atom. The number of hydrogen-bond donors (Lipinski definition) is 2. The number of amides is 2. The van der Waals surface area contributed by atoms with Crippen LogP contribution in [0.2, 0.25) is 0 Å². The number of hydrogen-bond acceptors (Lipinski definition) is 6. The summed E-state index contributed by atoms with van der Waals surface area (Å²) in [4.78, 5) is 39.0. The van der Waals surface area contributed by atoms with Crippen LogP contribution < -0.4 is 5.32 Å². The van der Waals surface area contributed by atoms with E-state index in [0.29, 0.717) is 19.6 Å². The van der Waals surface area contributed by atoms with Crippen molar-refractivity contribution in [3.05, 3.63) is 59.7 Å². The van der Waals surface area contributed by atoms with Crippen LogP contribution in [-0.4, -0.2) is 79.1 Å². The van der Waals surface area contributed by atoms with Crippen molar-refractivity contribution in [1.82, 2.24) is 10.2 Å². The molecule has 3 aliphatic rings. The van der Waals surface area contributed by atoms with E-state index in [4.69, 9.17) is 19.3 Å². The molecule has 2 saturated heterocycles. The number of carbonyl (C=O) groups excluding carboxylic acids is 2. The lowest BCUT2D eigenvalue weighted by Gasteiger charge is -2.38. The highest BCUT2D eigenvalue weighted by atomic mass is 16.6. The first kappa shape index (κ1) is 23.3. The standard InChI is InChI=1S/C26H28N2O7/c29-23(30)13-17-14-28(10-12-34-17)24(31)26(9-11-33-16-26)27-25(32)35-15-22-20-7-3-1-5-18(20)19-6-2-4-8-21(19)22/h1-8,17,22H,9-16H2,(H,27,32)(H,29,30). The molecule has 2 fully saturated rings. The fourth-order valence-corrected chi connectivity index (χ4v) is 5.24. The zero-order chi connectivity index (χ0) is 24.4. The second kappa shape index (κ2) is 9.67. The van der Waals surface area contributed by atoms with Crippen molar-refractivity contribution >= 4 is 18.0 Å². The van der Waals surface area contributed by atoms with E-state index in [1.165, 1.54) is 0 Å². The van der Waals surface area contributed by atoms with Gasteiger partial charge in [0.1, 0.15) is 12.1 Å². The number of nitrogens with one attached hydrogen (secondary N) is 1. The maximum Gasteiger partial charge on any atom is 0.408 e. The molecule has 2 aromatic carbocycles. The summed E-state index contributed by atoms with van der Waals surface area (Å²) in [6.45, 7) is 1.23. The molecule has 0 bridgehead atoms. The predicted octanol–water partition coefficient (Wildman–Crippen LogP) is 2.39. The number of morpholine rings is 1. The molecule has 2 amide bonds. The zero-order valence-electron chi connectivity index (χ0n) is 19.3. The van der Waals surface area contributed by atoms with E-state index in [-0.39, 0.29) is 44.6 Å². The number of carboxylic acid groups (broad SMARTS) is 1. The first-order valence-electron chi connectivity index (χ1n) is 11.8. The molecule has 2 aliphatic heterocycles. The van der Waals surface area contributed by atoms with E-state index in [2.05, 4.69) is 17.4 Å². The molecule has 184 valence electrons. The van der Waals surface area contributed by atoms with Gasteiger partial charge >= 0.3 is 12.1 Å². The quantitative estimate of drug-likeness (QED) is 0.653. The van der Waals surface area contributed by atoms with Crippen molar-refractivity contribution in [3.63, 3.8) is 0 Å². The van der Waals surface area contributed by atoms with Crippen molar-refractivity contribution in [3.8, 4) is 11.1 Å². The van der Waals surface area contributed by atoms with Crippen LogP contribution in [0.25, 0.3) is 11.1 Å². The van der Waals surface area contributed by atoms with Crippen molar-refractivity contribution in [2.45, 2.75) is 30.4 Å². The molecule has 9 heteroatoms. The van der Waals surface area contributed by atoms with Crippen molar-refractivity contribution < 1.29 is 33.7 Å². The molecule has 1 aliphatic carbocycles. The van der Waals surface area contributed by atoms with E-state index < -0.39 is 23.7 Å². The average molecular weight is 481 g/mol. The molecule has 2 heterocycles. The summed E-state index contributed by atoms with van der Waals surface area (Å²) in [5, 5.41) is 11.8. The van der Waals surface area contributed by atoms with Gasteiger partial charge in [-0.2, -0.15) is 0 Å². The second-order valence-corrected chi connectivity index (χ2v) is 9.18. The third-order valence-corrected chi connectivity index (χ3v) is 6.94. The number of ether oxygens (including phenoxy) is 3. The Morgan fingerprint density at radius 3 is 2.37 bits per heavy atom. The Balaban J connectivity index is 1.26. The molecule has 2 unspecified atom stereocenters. The number of nitrogens with zero attached hydrogens (tertiary/aromatic N) is 1. The molecule has 2 aromatic rings. The van der Waals surface area contributed by atoms with Crippen LogP contribution in [0.4, 0.5) is 4.79 Å². The lowest BCUT2D eigenvalue weighted by molar-refractivity contribution is -0.151. The Kier molecular flexibility index (Phi) is 6.44. The maximum atomic E-state index is 13.4. The third kappa shape index (κ3) is 4.61. The number of aliphatic carboxylic acids is 1. The summed E-state index contributed by atoms with van der Waals surface area (Å²) in [5.74, 6) is -1.38. The monoisotopic (exact) mass is 480 g/mol. The molecule has 2 atom stereocenters. The summed E-state index contributed by atoms with van der Waals surface area (Å²) in [6, 6.07) is 16.2. The normalized spacial score (nSPS) is 23.4. The number of rotatable bonds is 6. The van der Waals surface area contributed by atoms with Crippen molar-refractivity contribution in [1.29, 1.82) is 0 Å². The Morgan fingerprint density at radius 2 is 1.74 bits per heavy atom. The summed E-state index contributed by atoms with van der Waals surface area (Å²) in [6.07, 6.45) is -1.13. The smallest absolute Gasteiger partial charge is 0.408 e. The molecule has 0 spiro atoms. The minimum atomic E-state index is -1.24. The topological polar surface area (TPSA) is 114 Å². The van der Waals surface area contributed by atoms with E-state index >= 15 is 0 Å². The number of alkyl carbamates (subject to hydrolysis) is 1. The van der Waals surface area contributed by atoms with Gasteiger partial charge in [-0.25, -0.2) is 4.79 Å². The van der Waals surface area contributed by atoms with Crippen LogP contribution in [0, 0.1) is 0 Å². The number of carboxylic acids is 1. The lowest BCUT2D eigenvalue weighted by atomic mass is 9.96. The van der Waals surface area contributed by atoms with Gasteiger partial charge in [-0.05, 0) is 22.3 Å². The molecular weight excluding hydrogens is 452 g/mol. The zero-order valence-corrected chi connectivity index (χ0v) is 19.3. The predicted molar refractivity (Wildman–Crippen MR) is 125 cm³/mol. The maximum absolute atomic E-state index is 13.4. The van der Waals surface area contributed by atoms with Crippen LogP contribution in [0.3, 0.4) is 0 Å². The van der Waals surface area contributed by atoms with Gasteiger partial charge in [-0.15, -0.1) is 0 Å². The molecule has 9 nitrogen and oxygen atoms in total. The summed E-state index contributed by atoms with van der Waals surface area (Å²) < 4.78 is 16.6.